The summed E-state index contributed by atoms with van der Waals surface area (Å²) >= 11 is 1.48. The predicted molar refractivity (Wildman–Crippen MR) is 144 cm³/mol. The number of nitrogens with zero attached hydrogens (tertiary/aromatic N) is 3. The van der Waals surface area contributed by atoms with Crippen molar-refractivity contribution in [2.75, 3.05) is 18.0 Å². The number of hydrogen-bond acceptors (Lipinski definition) is 4. The summed E-state index contributed by atoms with van der Waals surface area (Å²) in [5.41, 5.74) is 5.60. The highest BCUT2D eigenvalue weighted by atomic mass is 32.1. The molecule has 0 bridgehead atoms. The van der Waals surface area contributed by atoms with Gasteiger partial charge in [-0.1, -0.05) is 62.7 Å². The van der Waals surface area contributed by atoms with Gasteiger partial charge in [-0.05, 0) is 50.8 Å². The van der Waals surface area contributed by atoms with E-state index in [2.05, 4.69) is 49.4 Å². The topological polar surface area (TPSA) is 53.5 Å². The number of piperidine rings is 1. The third kappa shape index (κ3) is 5.48. The van der Waals surface area contributed by atoms with E-state index in [1.807, 2.05) is 44.9 Å². The third-order valence-corrected chi connectivity index (χ3v) is 7.38. The largest absolute Gasteiger partial charge is 0.341 e. The van der Waals surface area contributed by atoms with Crippen molar-refractivity contribution in [2.24, 2.45) is 11.3 Å². The first-order valence-electron chi connectivity index (χ1n) is 12.3. The molecule has 0 spiro atoms. The molecule has 2 heterocycles. The molecule has 1 aliphatic rings. The molecule has 0 radical (unpaired) electrons. The van der Waals surface area contributed by atoms with Crippen molar-refractivity contribution < 1.29 is 9.59 Å². The van der Waals surface area contributed by atoms with Crippen LogP contribution in [-0.4, -0.2) is 34.8 Å². The zero-order valence-corrected chi connectivity index (χ0v) is 22.4. The molecule has 2 aromatic carbocycles. The van der Waals surface area contributed by atoms with Crippen LogP contribution in [0.25, 0.3) is 11.3 Å². The second kappa shape index (κ2) is 9.94. The highest BCUT2D eigenvalue weighted by Crippen LogP contribution is 2.37. The van der Waals surface area contributed by atoms with Gasteiger partial charge in [0.25, 0.3) is 0 Å². The van der Waals surface area contributed by atoms with E-state index in [1.165, 1.54) is 16.9 Å². The lowest BCUT2D eigenvalue weighted by Gasteiger charge is -2.37. The van der Waals surface area contributed by atoms with E-state index < -0.39 is 5.41 Å². The Morgan fingerprint density at radius 3 is 2.40 bits per heavy atom. The minimum Gasteiger partial charge on any atom is -0.341 e. The van der Waals surface area contributed by atoms with Gasteiger partial charge in [0.05, 0.1) is 17.3 Å². The van der Waals surface area contributed by atoms with Crippen LogP contribution in [0.15, 0.2) is 47.8 Å². The summed E-state index contributed by atoms with van der Waals surface area (Å²) in [5, 5.41) is 2.68. The van der Waals surface area contributed by atoms with Gasteiger partial charge in [-0.15, -0.1) is 11.3 Å². The van der Waals surface area contributed by atoms with E-state index in [9.17, 15) is 9.59 Å². The fraction of sp³-hybridized carbons (Fsp3) is 0.414. The smallest absolute Gasteiger partial charge is 0.238 e. The average molecular weight is 490 g/mol. The average Bonchev–Trinajstić information content (AvgIpc) is 3.30. The van der Waals surface area contributed by atoms with E-state index in [-0.39, 0.29) is 17.7 Å². The zero-order valence-electron chi connectivity index (χ0n) is 21.6. The molecule has 0 N–H and O–H groups in total. The lowest BCUT2D eigenvalue weighted by atomic mass is 9.90. The second-order valence-corrected chi connectivity index (χ2v) is 11.5. The first-order valence-corrected chi connectivity index (χ1v) is 13.2. The van der Waals surface area contributed by atoms with Crippen molar-refractivity contribution in [3.8, 4) is 11.3 Å². The Hall–Kier alpha value is -2.99. The number of aryl methyl sites for hydroxylation is 3. The van der Waals surface area contributed by atoms with Gasteiger partial charge in [-0.2, -0.15) is 0 Å². The Morgan fingerprint density at radius 2 is 1.71 bits per heavy atom. The maximum absolute atomic E-state index is 14.1. The number of carbonyl (C=O) groups is 2. The number of benzene rings is 2. The minimum atomic E-state index is -0.462. The van der Waals surface area contributed by atoms with Crippen LogP contribution in [-0.2, 0) is 9.59 Å². The van der Waals surface area contributed by atoms with Crippen LogP contribution >= 0.6 is 11.3 Å². The van der Waals surface area contributed by atoms with Gasteiger partial charge in [0.2, 0.25) is 11.8 Å². The van der Waals surface area contributed by atoms with Gasteiger partial charge in [0.1, 0.15) is 0 Å². The Labute approximate surface area is 212 Å². The highest BCUT2D eigenvalue weighted by molar-refractivity contribution is 7.14. The van der Waals surface area contributed by atoms with Gasteiger partial charge in [0, 0.05) is 29.4 Å². The Morgan fingerprint density at radius 1 is 1.03 bits per heavy atom. The van der Waals surface area contributed by atoms with Crippen molar-refractivity contribution >= 4 is 34.0 Å². The Balaban J connectivity index is 1.70. The summed E-state index contributed by atoms with van der Waals surface area (Å²) in [6, 6.07) is 14.4. The van der Waals surface area contributed by atoms with Crippen molar-refractivity contribution in [1.29, 1.82) is 0 Å². The van der Waals surface area contributed by atoms with Gasteiger partial charge < -0.3 is 4.90 Å². The van der Waals surface area contributed by atoms with Gasteiger partial charge in [-0.3, -0.25) is 14.5 Å². The molecule has 35 heavy (non-hydrogen) atoms. The molecule has 1 atom stereocenters. The van der Waals surface area contributed by atoms with E-state index in [0.29, 0.717) is 18.2 Å². The number of anilines is 2. The SMILES string of the molecule is Cc1ccc(-c2csc(N(C(=O)C3CCCN(C(=O)C(C)(C)C)C3)c3cc(C)ccc3C)n2)cc1. The molecule has 184 valence electrons. The fourth-order valence-corrected chi connectivity index (χ4v) is 5.37. The fourth-order valence-electron chi connectivity index (χ4n) is 4.52. The molecule has 0 saturated carbocycles. The summed E-state index contributed by atoms with van der Waals surface area (Å²) in [5.74, 6) is -0.152. The minimum absolute atomic E-state index is 0.00918. The van der Waals surface area contributed by atoms with Crippen molar-refractivity contribution in [3.05, 3.63) is 64.5 Å². The number of carbonyl (C=O) groups excluding carboxylic acids is 2. The van der Waals surface area contributed by atoms with Gasteiger partial charge in [0.15, 0.2) is 5.13 Å². The van der Waals surface area contributed by atoms with E-state index in [4.69, 9.17) is 4.98 Å². The number of likely N-dealkylation sites (tertiary alicyclic amines) is 1. The summed E-state index contributed by atoms with van der Waals surface area (Å²) in [6.45, 7) is 13.1. The molecular weight excluding hydrogens is 454 g/mol. The first kappa shape index (κ1) is 25.1. The van der Waals surface area contributed by atoms with Crippen LogP contribution in [0.4, 0.5) is 10.8 Å². The quantitative estimate of drug-likeness (QED) is 0.410. The van der Waals surface area contributed by atoms with Crippen LogP contribution in [0.5, 0.6) is 0 Å². The molecule has 1 aliphatic heterocycles. The maximum atomic E-state index is 14.1. The summed E-state index contributed by atoms with van der Waals surface area (Å²) in [6.07, 6.45) is 1.59. The molecule has 4 rings (SSSR count). The van der Waals surface area contributed by atoms with Gasteiger partial charge in [-0.25, -0.2) is 4.98 Å². The van der Waals surface area contributed by atoms with Crippen LogP contribution < -0.4 is 4.90 Å². The summed E-state index contributed by atoms with van der Waals surface area (Å²) in [7, 11) is 0. The van der Waals surface area contributed by atoms with Crippen LogP contribution in [0, 0.1) is 32.1 Å². The number of rotatable bonds is 4. The lowest BCUT2D eigenvalue weighted by molar-refractivity contribution is -0.142. The van der Waals surface area contributed by atoms with Crippen molar-refractivity contribution in [2.45, 2.75) is 54.4 Å². The molecule has 1 aromatic heterocycles. The number of aromatic nitrogens is 1. The summed E-state index contributed by atoms with van der Waals surface area (Å²) in [4.78, 5) is 35.7. The molecule has 2 amide bonds. The molecule has 5 nitrogen and oxygen atoms in total. The van der Waals surface area contributed by atoms with Crippen LogP contribution in [0.2, 0.25) is 0 Å². The molecule has 1 fully saturated rings. The number of hydrogen-bond donors (Lipinski definition) is 0. The van der Waals surface area contributed by atoms with Crippen molar-refractivity contribution in [1.82, 2.24) is 9.88 Å². The molecule has 1 unspecified atom stereocenters. The summed E-state index contributed by atoms with van der Waals surface area (Å²) < 4.78 is 0. The maximum Gasteiger partial charge on any atom is 0.238 e. The van der Waals surface area contributed by atoms with Gasteiger partial charge >= 0.3 is 0 Å². The van der Waals surface area contributed by atoms with Crippen LogP contribution in [0.1, 0.15) is 50.3 Å². The Kier molecular flexibility index (Phi) is 7.13. The standard InChI is InChI=1S/C29H35N3O2S/c1-19-10-13-22(14-11-19)24-18-35-28(30-24)32(25-16-20(2)9-12-21(25)3)26(33)23-8-7-15-31(17-23)27(34)29(4,5)6/h9-14,16,18,23H,7-8,15,17H2,1-6H3. The predicted octanol–water partition coefficient (Wildman–Crippen LogP) is 6.68. The second-order valence-electron chi connectivity index (χ2n) is 10.7. The number of thiazole rings is 1. The van der Waals surface area contributed by atoms with Crippen LogP contribution in [0.3, 0.4) is 0 Å². The van der Waals surface area contributed by atoms with E-state index in [0.717, 1.165) is 40.9 Å². The van der Waals surface area contributed by atoms with E-state index >= 15 is 0 Å². The number of amides is 2. The molecular formula is C29H35N3O2S. The van der Waals surface area contributed by atoms with Crippen molar-refractivity contribution in [3.63, 3.8) is 0 Å². The lowest BCUT2D eigenvalue weighted by Crippen LogP contribution is -2.49. The normalized spacial score (nSPS) is 16.3. The third-order valence-electron chi connectivity index (χ3n) is 6.56. The monoisotopic (exact) mass is 489 g/mol. The molecule has 3 aromatic rings. The van der Waals surface area contributed by atoms with E-state index in [1.54, 1.807) is 4.90 Å². The first-order chi connectivity index (χ1) is 16.5. The highest BCUT2D eigenvalue weighted by Gasteiger charge is 2.36. The molecule has 0 aliphatic carbocycles. The molecule has 1 saturated heterocycles. The Bertz CT molecular complexity index is 1220. The molecule has 6 heteroatoms. The zero-order chi connectivity index (χ0) is 25.3.